The Kier molecular flexibility index (Phi) is 3.76. The van der Waals surface area contributed by atoms with Crippen LogP contribution in [0.15, 0.2) is 28.2 Å². The second kappa shape index (κ2) is 5.06. The van der Waals surface area contributed by atoms with Gasteiger partial charge in [-0.15, -0.1) is 0 Å². The van der Waals surface area contributed by atoms with Crippen LogP contribution in [-0.2, 0) is 0 Å². The Balaban J connectivity index is 3.00. The Morgan fingerprint density at radius 3 is 2.41 bits per heavy atom. The van der Waals surface area contributed by atoms with Gasteiger partial charge in [-0.05, 0) is 12.1 Å². The fourth-order valence-electron chi connectivity index (χ4n) is 1.10. The summed E-state index contributed by atoms with van der Waals surface area (Å²) in [5, 5.41) is 18.5. The van der Waals surface area contributed by atoms with E-state index in [9.17, 15) is 10.2 Å². The second-order valence-electron chi connectivity index (χ2n) is 3.28. The molecule has 0 radical (unpaired) electrons. The summed E-state index contributed by atoms with van der Waals surface area (Å²) >= 11 is 0. The number of aliphatic imine (C=N–C) groups is 2. The highest BCUT2D eigenvalue weighted by atomic mass is 16.3. The van der Waals surface area contributed by atoms with Crippen molar-refractivity contribution in [3.05, 3.63) is 18.2 Å². The summed E-state index contributed by atoms with van der Waals surface area (Å²) in [6.07, 6.45) is 0. The molecule has 0 aliphatic heterocycles. The molecule has 6 N–H and O–H groups in total. The van der Waals surface area contributed by atoms with Gasteiger partial charge in [0, 0.05) is 25.8 Å². The van der Waals surface area contributed by atoms with Gasteiger partial charge < -0.3 is 26.6 Å². The monoisotopic (exact) mass is 237 g/mol. The van der Waals surface area contributed by atoms with E-state index in [2.05, 4.69) is 9.98 Å². The second-order valence-corrected chi connectivity index (χ2v) is 3.28. The van der Waals surface area contributed by atoms with E-state index in [0.717, 1.165) is 0 Å². The zero-order valence-corrected chi connectivity index (χ0v) is 9.62. The minimum Gasteiger partial charge on any atom is -0.504 e. The number of hydrogen-bond acceptors (Lipinski definition) is 3. The predicted molar refractivity (Wildman–Crippen MR) is 67.3 cm³/mol. The maximum absolute atomic E-state index is 9.35. The summed E-state index contributed by atoms with van der Waals surface area (Å²) in [6.45, 7) is 0. The van der Waals surface area contributed by atoms with Crippen LogP contribution in [0, 0.1) is 0 Å². The fraction of sp³-hybridized carbons (Fsp3) is 0.200. The lowest BCUT2D eigenvalue weighted by Gasteiger charge is -2.18. The minimum atomic E-state index is -0.237. The molecule has 0 aromatic heterocycles. The van der Waals surface area contributed by atoms with Crippen LogP contribution in [0.4, 0.5) is 5.69 Å². The third-order valence-corrected chi connectivity index (χ3v) is 2.15. The highest BCUT2D eigenvalue weighted by molar-refractivity contribution is 6.01. The summed E-state index contributed by atoms with van der Waals surface area (Å²) in [7, 11) is 3.14. The number of anilines is 1. The maximum Gasteiger partial charge on any atom is 0.218 e. The molecule has 0 saturated carbocycles. The van der Waals surface area contributed by atoms with Crippen LogP contribution in [0.25, 0.3) is 0 Å². The third-order valence-electron chi connectivity index (χ3n) is 2.15. The van der Waals surface area contributed by atoms with E-state index in [1.807, 2.05) is 0 Å². The molecule has 7 nitrogen and oxygen atoms in total. The maximum atomic E-state index is 9.35. The van der Waals surface area contributed by atoms with Crippen LogP contribution in [0.2, 0.25) is 0 Å². The normalized spacial score (nSPS) is 12.6. The van der Waals surface area contributed by atoms with Gasteiger partial charge in [-0.25, -0.2) is 0 Å². The molecular weight excluding hydrogens is 222 g/mol. The molecule has 1 aromatic carbocycles. The van der Waals surface area contributed by atoms with Crippen LogP contribution >= 0.6 is 0 Å². The van der Waals surface area contributed by atoms with Gasteiger partial charge in [0.1, 0.15) is 0 Å². The first-order valence-corrected chi connectivity index (χ1v) is 4.78. The van der Waals surface area contributed by atoms with E-state index in [0.29, 0.717) is 5.69 Å². The average Bonchev–Trinajstić information content (AvgIpc) is 2.31. The lowest BCUT2D eigenvalue weighted by atomic mass is 10.2. The number of nitrogens with two attached hydrogens (primary N) is 2. The smallest absolute Gasteiger partial charge is 0.218 e. The number of aromatic hydroxyl groups is 2. The van der Waals surface area contributed by atoms with E-state index in [1.165, 1.54) is 24.1 Å². The van der Waals surface area contributed by atoms with Gasteiger partial charge in [-0.1, -0.05) is 0 Å². The van der Waals surface area contributed by atoms with Crippen molar-refractivity contribution in [3.63, 3.8) is 0 Å². The van der Waals surface area contributed by atoms with Crippen molar-refractivity contribution in [2.45, 2.75) is 0 Å². The number of phenols is 2. The van der Waals surface area contributed by atoms with E-state index in [4.69, 9.17) is 11.5 Å². The van der Waals surface area contributed by atoms with Crippen LogP contribution < -0.4 is 16.4 Å². The molecule has 0 aliphatic rings. The van der Waals surface area contributed by atoms with Crippen molar-refractivity contribution in [3.8, 4) is 11.5 Å². The Labute approximate surface area is 98.7 Å². The van der Waals surface area contributed by atoms with Gasteiger partial charge in [-0.2, -0.15) is 4.99 Å². The molecule has 1 aromatic rings. The molecule has 17 heavy (non-hydrogen) atoms. The summed E-state index contributed by atoms with van der Waals surface area (Å²) < 4.78 is 0. The summed E-state index contributed by atoms with van der Waals surface area (Å²) in [5.41, 5.74) is 11.7. The zero-order valence-electron chi connectivity index (χ0n) is 9.62. The molecule has 0 aliphatic carbocycles. The molecule has 0 bridgehead atoms. The minimum absolute atomic E-state index is 0.0531. The molecule has 1 rings (SSSR count). The fourth-order valence-corrected chi connectivity index (χ4v) is 1.10. The topological polar surface area (TPSA) is 120 Å². The SMILES string of the molecule is CN=C(N)/N=C(\N)N(C)c1ccc(O)c(O)c1. The van der Waals surface area contributed by atoms with Gasteiger partial charge in [0.2, 0.25) is 11.9 Å². The van der Waals surface area contributed by atoms with Crippen molar-refractivity contribution in [2.75, 3.05) is 19.0 Å². The Morgan fingerprint density at radius 2 is 1.88 bits per heavy atom. The summed E-state index contributed by atoms with van der Waals surface area (Å²) in [6, 6.07) is 4.29. The first-order chi connectivity index (χ1) is 7.95. The summed E-state index contributed by atoms with van der Waals surface area (Å²) in [5.74, 6) is -0.262. The first kappa shape index (κ1) is 12.6. The van der Waals surface area contributed by atoms with E-state index >= 15 is 0 Å². The zero-order chi connectivity index (χ0) is 13.0. The third kappa shape index (κ3) is 3.00. The molecule has 0 atom stereocenters. The van der Waals surface area contributed by atoms with Gasteiger partial charge in [0.15, 0.2) is 11.5 Å². The number of rotatable bonds is 1. The highest BCUT2D eigenvalue weighted by Gasteiger charge is 2.08. The van der Waals surface area contributed by atoms with Crippen LogP contribution in [0.1, 0.15) is 0 Å². The number of guanidine groups is 2. The molecule has 7 heteroatoms. The lowest BCUT2D eigenvalue weighted by Crippen LogP contribution is -2.35. The van der Waals surface area contributed by atoms with Crippen molar-refractivity contribution < 1.29 is 10.2 Å². The van der Waals surface area contributed by atoms with Crippen molar-refractivity contribution in [1.29, 1.82) is 0 Å². The summed E-state index contributed by atoms with van der Waals surface area (Å²) in [4.78, 5) is 8.97. The number of nitrogens with zero attached hydrogens (tertiary/aromatic N) is 3. The van der Waals surface area contributed by atoms with Crippen LogP contribution in [0.5, 0.6) is 11.5 Å². The Bertz CT molecular complexity index is 470. The highest BCUT2D eigenvalue weighted by Crippen LogP contribution is 2.28. The molecule has 92 valence electrons. The van der Waals surface area contributed by atoms with Crippen molar-refractivity contribution in [1.82, 2.24) is 0 Å². The molecule has 0 fully saturated rings. The largest absolute Gasteiger partial charge is 0.504 e. The van der Waals surface area contributed by atoms with E-state index < -0.39 is 0 Å². The quantitative estimate of drug-likeness (QED) is 0.306. The van der Waals surface area contributed by atoms with E-state index in [1.54, 1.807) is 13.1 Å². The molecule has 0 spiro atoms. The number of phenolic OH excluding ortho intramolecular Hbond substituents is 2. The predicted octanol–water partition coefficient (Wildman–Crippen LogP) is -0.207. The average molecular weight is 237 g/mol. The number of hydrogen-bond donors (Lipinski definition) is 4. The number of benzene rings is 1. The van der Waals surface area contributed by atoms with Gasteiger partial charge in [0.05, 0.1) is 0 Å². The lowest BCUT2D eigenvalue weighted by molar-refractivity contribution is 0.404. The van der Waals surface area contributed by atoms with Crippen LogP contribution in [-0.4, -0.2) is 36.2 Å². The van der Waals surface area contributed by atoms with Crippen molar-refractivity contribution in [2.24, 2.45) is 21.5 Å². The molecule has 0 amide bonds. The molecule has 0 heterocycles. The van der Waals surface area contributed by atoms with Gasteiger partial charge in [-0.3, -0.25) is 4.99 Å². The Hall–Kier alpha value is -2.44. The standard InChI is InChI=1S/C10H15N5O2/c1-13-9(11)14-10(12)15(2)6-3-4-7(16)8(17)5-6/h3-5,16-17H,1-2H3,(H4,11,12,13,14). The molecule has 0 unspecified atom stereocenters. The van der Waals surface area contributed by atoms with Crippen LogP contribution in [0.3, 0.4) is 0 Å². The van der Waals surface area contributed by atoms with Crippen molar-refractivity contribution >= 4 is 17.6 Å². The first-order valence-electron chi connectivity index (χ1n) is 4.78. The van der Waals surface area contributed by atoms with Gasteiger partial charge in [0.25, 0.3) is 0 Å². The van der Waals surface area contributed by atoms with E-state index in [-0.39, 0.29) is 23.4 Å². The van der Waals surface area contributed by atoms with Gasteiger partial charge >= 0.3 is 0 Å². The molecular formula is C10H15N5O2. The Morgan fingerprint density at radius 1 is 1.24 bits per heavy atom. The molecule has 0 saturated heterocycles.